The Bertz CT molecular complexity index is 851. The second-order valence-electron chi connectivity index (χ2n) is 5.08. The van der Waals surface area contributed by atoms with Crippen LogP contribution in [0, 0.1) is 0 Å². The lowest BCUT2D eigenvalue weighted by molar-refractivity contribution is -0.115. The van der Waals surface area contributed by atoms with Gasteiger partial charge in [-0.15, -0.1) is 0 Å². The first-order valence-electron chi connectivity index (χ1n) is 7.12. The molecular formula is C17H15ClN2O5. The number of fused-ring (bicyclic) bond motifs is 1. The summed E-state index contributed by atoms with van der Waals surface area (Å²) in [6.45, 7) is 0. The number of rotatable bonds is 3. The Kier molecular flexibility index (Phi) is 5.61. The van der Waals surface area contributed by atoms with Crippen LogP contribution in [0.4, 0.5) is 5.69 Å². The Labute approximate surface area is 148 Å². The summed E-state index contributed by atoms with van der Waals surface area (Å²) in [7, 11) is 1.51. The molecule has 3 rings (SSSR count). The molecule has 2 aromatic rings. The minimum Gasteiger partial charge on any atom is -0.495 e. The Morgan fingerprint density at radius 3 is 2.56 bits per heavy atom. The van der Waals surface area contributed by atoms with Crippen molar-refractivity contribution in [2.75, 3.05) is 12.4 Å². The fourth-order valence-electron chi connectivity index (χ4n) is 2.27. The second kappa shape index (κ2) is 7.67. The summed E-state index contributed by atoms with van der Waals surface area (Å²) in [4.78, 5) is 32.4. The van der Waals surface area contributed by atoms with Gasteiger partial charge in [0.2, 0.25) is 11.8 Å². The molecule has 0 aromatic heterocycles. The molecule has 25 heavy (non-hydrogen) atoms. The number of nitrogens with two attached hydrogens (primary N) is 1. The molecule has 8 heteroatoms. The minimum atomic E-state index is -0.992. The fraction of sp³-hybridized carbons (Fsp3) is 0.118. The van der Waals surface area contributed by atoms with Gasteiger partial charge in [-0.05, 0) is 35.9 Å². The number of carboxylic acid groups (broad SMARTS) is 1. The van der Waals surface area contributed by atoms with Crippen LogP contribution in [0.25, 0.3) is 0 Å². The van der Waals surface area contributed by atoms with Gasteiger partial charge in [-0.25, -0.2) is 4.79 Å². The van der Waals surface area contributed by atoms with E-state index in [0.717, 1.165) is 0 Å². The standard InChI is InChI=1S/C9H7NO3.C8H8ClNO2/c11-8-4-6-5(9(12)13)2-1-3-7(6)10-8;1-12-7-3-2-5(8(10)11)4-6(7)9/h1-3H,4H2,(H,10,11)(H,12,13);2-4H,1H3,(H2,10,11). The number of halogens is 1. The van der Waals surface area contributed by atoms with Gasteiger partial charge in [-0.3, -0.25) is 9.59 Å². The van der Waals surface area contributed by atoms with E-state index < -0.39 is 11.9 Å². The molecule has 0 radical (unpaired) electrons. The van der Waals surface area contributed by atoms with Crippen molar-refractivity contribution >= 4 is 35.1 Å². The summed E-state index contributed by atoms with van der Waals surface area (Å²) < 4.78 is 4.90. The van der Waals surface area contributed by atoms with Crippen LogP contribution in [0.3, 0.4) is 0 Å². The van der Waals surface area contributed by atoms with E-state index in [4.69, 9.17) is 27.2 Å². The molecule has 0 saturated heterocycles. The smallest absolute Gasteiger partial charge is 0.336 e. The Balaban J connectivity index is 0.000000181. The number of carbonyl (C=O) groups is 3. The molecule has 130 valence electrons. The van der Waals surface area contributed by atoms with Crippen LogP contribution in [-0.4, -0.2) is 30.0 Å². The van der Waals surface area contributed by atoms with Crippen LogP contribution in [0.15, 0.2) is 36.4 Å². The summed E-state index contributed by atoms with van der Waals surface area (Å²) >= 11 is 5.74. The lowest BCUT2D eigenvalue weighted by Crippen LogP contribution is -2.10. The molecule has 2 aromatic carbocycles. The van der Waals surface area contributed by atoms with Crippen LogP contribution in [0.2, 0.25) is 5.02 Å². The number of carbonyl (C=O) groups excluding carboxylic acids is 2. The van der Waals surface area contributed by atoms with Crippen LogP contribution in [0.5, 0.6) is 5.75 Å². The van der Waals surface area contributed by atoms with Gasteiger partial charge in [0.1, 0.15) is 5.75 Å². The molecule has 0 atom stereocenters. The second-order valence-corrected chi connectivity index (χ2v) is 5.48. The monoisotopic (exact) mass is 362 g/mol. The highest BCUT2D eigenvalue weighted by Gasteiger charge is 2.22. The minimum absolute atomic E-state index is 0.149. The summed E-state index contributed by atoms with van der Waals surface area (Å²) in [5.41, 5.74) is 6.81. The number of aromatic carboxylic acids is 1. The Morgan fingerprint density at radius 1 is 1.28 bits per heavy atom. The SMILES string of the molecule is COc1ccc(C(N)=O)cc1Cl.O=C1Cc2c(cccc2C(=O)O)N1. The van der Waals surface area contributed by atoms with Gasteiger partial charge in [-0.2, -0.15) is 0 Å². The van der Waals surface area contributed by atoms with Crippen LogP contribution >= 0.6 is 11.6 Å². The van der Waals surface area contributed by atoms with Gasteiger partial charge in [-0.1, -0.05) is 17.7 Å². The fourth-order valence-corrected chi connectivity index (χ4v) is 2.53. The third kappa shape index (κ3) is 4.27. The summed E-state index contributed by atoms with van der Waals surface area (Å²) in [6, 6.07) is 9.46. The van der Waals surface area contributed by atoms with Gasteiger partial charge in [0.05, 0.1) is 24.1 Å². The zero-order valence-corrected chi connectivity index (χ0v) is 14.0. The van der Waals surface area contributed by atoms with Gasteiger partial charge in [0.15, 0.2) is 0 Å². The molecule has 0 fully saturated rings. The first-order valence-corrected chi connectivity index (χ1v) is 7.49. The predicted octanol–water partition coefficient (Wildman–Crippen LogP) is 2.33. The molecule has 1 aliphatic rings. The van der Waals surface area contributed by atoms with Crippen molar-refractivity contribution in [3.8, 4) is 5.75 Å². The first kappa shape index (κ1) is 18.3. The van der Waals surface area contributed by atoms with Crippen molar-refractivity contribution in [3.63, 3.8) is 0 Å². The number of hydrogen-bond acceptors (Lipinski definition) is 4. The number of benzene rings is 2. The van der Waals surface area contributed by atoms with Gasteiger partial charge >= 0.3 is 5.97 Å². The maximum absolute atomic E-state index is 11.0. The van der Waals surface area contributed by atoms with Crippen molar-refractivity contribution in [2.45, 2.75) is 6.42 Å². The number of hydrogen-bond donors (Lipinski definition) is 3. The summed E-state index contributed by atoms with van der Waals surface area (Å²) in [5.74, 6) is -1.11. The average Bonchev–Trinajstić information content (AvgIpc) is 2.95. The number of ether oxygens (including phenoxy) is 1. The zero-order valence-electron chi connectivity index (χ0n) is 13.2. The van der Waals surface area contributed by atoms with Crippen molar-refractivity contribution in [2.24, 2.45) is 5.73 Å². The van der Waals surface area contributed by atoms with E-state index in [9.17, 15) is 14.4 Å². The van der Waals surface area contributed by atoms with Crippen LogP contribution in [0.1, 0.15) is 26.3 Å². The number of anilines is 1. The topological polar surface area (TPSA) is 119 Å². The Hall–Kier alpha value is -3.06. The van der Waals surface area contributed by atoms with Gasteiger partial charge < -0.3 is 20.9 Å². The van der Waals surface area contributed by atoms with E-state index in [1.54, 1.807) is 24.3 Å². The van der Waals surface area contributed by atoms with E-state index in [0.29, 0.717) is 27.6 Å². The number of carboxylic acids is 1. The van der Waals surface area contributed by atoms with E-state index in [-0.39, 0.29) is 17.9 Å². The highest BCUT2D eigenvalue weighted by molar-refractivity contribution is 6.32. The molecule has 2 amide bonds. The van der Waals surface area contributed by atoms with Crippen molar-refractivity contribution in [1.82, 2.24) is 0 Å². The highest BCUT2D eigenvalue weighted by atomic mass is 35.5. The maximum atomic E-state index is 11.0. The number of nitrogens with one attached hydrogen (secondary N) is 1. The van der Waals surface area contributed by atoms with E-state index >= 15 is 0 Å². The predicted molar refractivity (Wildman–Crippen MR) is 92.3 cm³/mol. The molecule has 0 bridgehead atoms. The molecule has 0 aliphatic carbocycles. The quantitative estimate of drug-likeness (QED) is 0.774. The average molecular weight is 363 g/mol. The summed E-state index contributed by atoms with van der Waals surface area (Å²) in [5, 5.41) is 11.8. The molecule has 0 unspecified atom stereocenters. The summed E-state index contributed by atoms with van der Waals surface area (Å²) in [6.07, 6.45) is 0.164. The van der Waals surface area contributed by atoms with E-state index in [2.05, 4.69) is 5.32 Å². The molecule has 4 N–H and O–H groups in total. The van der Waals surface area contributed by atoms with E-state index in [1.807, 2.05) is 0 Å². The lowest BCUT2D eigenvalue weighted by atomic mass is 10.1. The molecule has 1 heterocycles. The van der Waals surface area contributed by atoms with Crippen molar-refractivity contribution in [3.05, 3.63) is 58.1 Å². The maximum Gasteiger partial charge on any atom is 0.336 e. The normalized spacial score (nSPS) is 11.7. The van der Waals surface area contributed by atoms with Crippen molar-refractivity contribution in [1.29, 1.82) is 0 Å². The number of methoxy groups -OCH3 is 1. The lowest BCUT2D eigenvalue weighted by Gasteiger charge is -2.02. The molecular weight excluding hydrogens is 348 g/mol. The number of primary amides is 1. The third-order valence-electron chi connectivity index (χ3n) is 3.45. The first-order chi connectivity index (χ1) is 11.8. The van der Waals surface area contributed by atoms with Crippen molar-refractivity contribution < 1.29 is 24.2 Å². The number of amides is 2. The molecule has 0 spiro atoms. The molecule has 7 nitrogen and oxygen atoms in total. The van der Waals surface area contributed by atoms with E-state index in [1.165, 1.54) is 19.2 Å². The zero-order chi connectivity index (χ0) is 18.6. The Morgan fingerprint density at radius 2 is 2.00 bits per heavy atom. The molecule has 1 aliphatic heterocycles. The van der Waals surface area contributed by atoms with Crippen LogP contribution in [-0.2, 0) is 11.2 Å². The highest BCUT2D eigenvalue weighted by Crippen LogP contribution is 2.26. The molecule has 0 saturated carbocycles. The van der Waals surface area contributed by atoms with Gasteiger partial charge in [0.25, 0.3) is 0 Å². The largest absolute Gasteiger partial charge is 0.495 e. The van der Waals surface area contributed by atoms with Crippen LogP contribution < -0.4 is 15.8 Å². The van der Waals surface area contributed by atoms with Gasteiger partial charge in [0, 0.05) is 11.3 Å². The third-order valence-corrected chi connectivity index (χ3v) is 3.75.